The molecule has 0 atom stereocenters. The highest BCUT2D eigenvalue weighted by molar-refractivity contribution is 7.89. The summed E-state index contributed by atoms with van der Waals surface area (Å²) in [6, 6.07) is 12.0. The van der Waals surface area contributed by atoms with E-state index in [0.717, 1.165) is 5.69 Å². The van der Waals surface area contributed by atoms with E-state index >= 15 is 0 Å². The number of rotatable bonds is 5. The number of benzene rings is 2. The fourth-order valence-corrected chi connectivity index (χ4v) is 3.96. The molecule has 0 saturated heterocycles. The summed E-state index contributed by atoms with van der Waals surface area (Å²) in [6.45, 7) is 7.08. The third kappa shape index (κ3) is 5.55. The van der Waals surface area contributed by atoms with Gasteiger partial charge in [0, 0.05) is 36.6 Å². The van der Waals surface area contributed by atoms with Crippen LogP contribution in [0.3, 0.4) is 0 Å². The van der Waals surface area contributed by atoms with Gasteiger partial charge in [-0.05, 0) is 69.7 Å². The summed E-state index contributed by atoms with van der Waals surface area (Å²) in [4.78, 5) is 14.7. The minimum Gasteiger partial charge on any atom is -0.378 e. The van der Waals surface area contributed by atoms with Gasteiger partial charge in [0.25, 0.3) is 5.91 Å². The second-order valence-electron chi connectivity index (χ2n) is 7.73. The Hall–Kier alpha value is -2.38. The van der Waals surface area contributed by atoms with Crippen molar-refractivity contribution in [3.05, 3.63) is 53.6 Å². The monoisotopic (exact) mass is 389 g/mol. The topological polar surface area (TPSA) is 78.5 Å². The molecule has 7 heteroatoms. The lowest BCUT2D eigenvalue weighted by molar-refractivity contribution is 0.102. The molecule has 0 heterocycles. The van der Waals surface area contributed by atoms with Gasteiger partial charge in [-0.25, -0.2) is 13.1 Å². The van der Waals surface area contributed by atoms with Gasteiger partial charge in [-0.2, -0.15) is 0 Å². The lowest BCUT2D eigenvalue weighted by Crippen LogP contribution is -2.40. The van der Waals surface area contributed by atoms with Crippen molar-refractivity contribution in [3.8, 4) is 0 Å². The van der Waals surface area contributed by atoms with E-state index in [2.05, 4.69) is 10.0 Å². The number of hydrogen-bond donors (Lipinski definition) is 2. The first-order valence-electron chi connectivity index (χ1n) is 8.62. The lowest BCUT2D eigenvalue weighted by Gasteiger charge is -2.20. The molecule has 2 aromatic carbocycles. The number of hydrogen-bond acceptors (Lipinski definition) is 4. The molecule has 0 unspecified atom stereocenters. The van der Waals surface area contributed by atoms with Gasteiger partial charge >= 0.3 is 0 Å². The average molecular weight is 390 g/mol. The smallest absolute Gasteiger partial charge is 0.255 e. The normalized spacial score (nSPS) is 11.9. The van der Waals surface area contributed by atoms with Gasteiger partial charge in [0.1, 0.15) is 0 Å². The van der Waals surface area contributed by atoms with Gasteiger partial charge in [-0.15, -0.1) is 0 Å². The van der Waals surface area contributed by atoms with Crippen LogP contribution in [0.25, 0.3) is 0 Å². The van der Waals surface area contributed by atoms with E-state index in [9.17, 15) is 13.2 Å². The van der Waals surface area contributed by atoms with E-state index in [1.54, 1.807) is 33.8 Å². The molecule has 0 aliphatic heterocycles. The van der Waals surface area contributed by atoms with Crippen LogP contribution in [0.1, 0.15) is 36.7 Å². The van der Waals surface area contributed by atoms with Crippen LogP contribution >= 0.6 is 0 Å². The van der Waals surface area contributed by atoms with Crippen molar-refractivity contribution in [3.63, 3.8) is 0 Å². The van der Waals surface area contributed by atoms with Gasteiger partial charge < -0.3 is 10.2 Å². The largest absolute Gasteiger partial charge is 0.378 e. The summed E-state index contributed by atoms with van der Waals surface area (Å²) in [6.07, 6.45) is 0. The van der Waals surface area contributed by atoms with Crippen LogP contribution in [-0.2, 0) is 10.0 Å². The number of amides is 1. The fraction of sp³-hybridized carbons (Fsp3) is 0.350. The summed E-state index contributed by atoms with van der Waals surface area (Å²) in [5.41, 5.74) is 2.08. The van der Waals surface area contributed by atoms with Gasteiger partial charge in [0.15, 0.2) is 0 Å². The molecular formula is C20H27N3O3S. The minimum absolute atomic E-state index is 0.0659. The molecule has 0 aliphatic carbocycles. The molecule has 0 radical (unpaired) electrons. The van der Waals surface area contributed by atoms with Crippen LogP contribution in [0.15, 0.2) is 47.4 Å². The number of nitrogens with one attached hydrogen (secondary N) is 2. The molecule has 0 aromatic heterocycles. The Kier molecular flexibility index (Phi) is 5.97. The van der Waals surface area contributed by atoms with E-state index in [0.29, 0.717) is 16.8 Å². The van der Waals surface area contributed by atoms with Crippen LogP contribution in [-0.4, -0.2) is 34.0 Å². The molecule has 0 bridgehead atoms. The first-order valence-corrected chi connectivity index (χ1v) is 10.1. The number of nitrogens with zero attached hydrogens (tertiary/aromatic N) is 1. The minimum atomic E-state index is -3.71. The molecule has 1 amide bonds. The SMILES string of the molecule is Cc1ccc(S(=O)(=O)NC(C)(C)C)cc1C(=O)Nc1ccc(N(C)C)cc1. The summed E-state index contributed by atoms with van der Waals surface area (Å²) >= 11 is 0. The molecule has 146 valence electrons. The average Bonchev–Trinajstić information content (AvgIpc) is 2.53. The highest BCUT2D eigenvalue weighted by atomic mass is 32.2. The van der Waals surface area contributed by atoms with Crippen LogP contribution in [0, 0.1) is 6.92 Å². The Labute approximate surface area is 161 Å². The second-order valence-corrected chi connectivity index (χ2v) is 9.41. The first-order chi connectivity index (χ1) is 12.4. The highest BCUT2D eigenvalue weighted by Gasteiger charge is 2.23. The third-order valence-corrected chi connectivity index (χ3v) is 5.60. The number of anilines is 2. The van der Waals surface area contributed by atoms with Crippen LogP contribution in [0.4, 0.5) is 11.4 Å². The third-order valence-electron chi connectivity index (χ3n) is 3.85. The molecule has 0 fully saturated rings. The van der Waals surface area contributed by atoms with Gasteiger partial charge in [-0.3, -0.25) is 4.79 Å². The highest BCUT2D eigenvalue weighted by Crippen LogP contribution is 2.20. The number of carbonyl (C=O) groups is 1. The summed E-state index contributed by atoms with van der Waals surface area (Å²) < 4.78 is 27.7. The van der Waals surface area contributed by atoms with Crippen molar-refractivity contribution >= 4 is 27.3 Å². The lowest BCUT2D eigenvalue weighted by atomic mass is 10.1. The van der Waals surface area contributed by atoms with Gasteiger partial charge in [-0.1, -0.05) is 6.07 Å². The van der Waals surface area contributed by atoms with Crippen molar-refractivity contribution < 1.29 is 13.2 Å². The van der Waals surface area contributed by atoms with E-state index in [1.807, 2.05) is 43.3 Å². The maximum absolute atomic E-state index is 12.7. The zero-order valence-corrected chi connectivity index (χ0v) is 17.4. The van der Waals surface area contributed by atoms with Crippen molar-refractivity contribution in [2.45, 2.75) is 38.1 Å². The van der Waals surface area contributed by atoms with Crippen molar-refractivity contribution in [2.75, 3.05) is 24.3 Å². The Morgan fingerprint density at radius 1 is 1.00 bits per heavy atom. The standard InChI is InChI=1S/C20H27N3O3S/c1-14-7-12-17(27(25,26)22-20(2,3)4)13-18(14)19(24)21-15-8-10-16(11-9-15)23(5)6/h7-13,22H,1-6H3,(H,21,24). The van der Waals surface area contributed by atoms with Crippen molar-refractivity contribution in [1.29, 1.82) is 0 Å². The Morgan fingerprint density at radius 2 is 1.59 bits per heavy atom. The predicted molar refractivity (Wildman–Crippen MR) is 110 cm³/mol. The summed E-state index contributed by atoms with van der Waals surface area (Å²) in [5.74, 6) is -0.349. The number of aryl methyl sites for hydroxylation is 1. The predicted octanol–water partition coefficient (Wildman–Crippen LogP) is 3.39. The maximum atomic E-state index is 12.7. The van der Waals surface area contributed by atoms with Gasteiger partial charge in [0.05, 0.1) is 4.90 Å². The van der Waals surface area contributed by atoms with Crippen molar-refractivity contribution in [1.82, 2.24) is 4.72 Å². The van der Waals surface area contributed by atoms with Crippen LogP contribution in [0.2, 0.25) is 0 Å². The summed E-state index contributed by atoms with van der Waals surface area (Å²) in [5, 5.41) is 2.82. The van der Waals surface area contributed by atoms with E-state index in [-0.39, 0.29) is 10.8 Å². The Bertz CT molecular complexity index is 928. The number of carbonyl (C=O) groups excluding carboxylic acids is 1. The Balaban J connectivity index is 2.28. The molecule has 0 aliphatic rings. The molecule has 2 N–H and O–H groups in total. The van der Waals surface area contributed by atoms with Crippen LogP contribution in [0.5, 0.6) is 0 Å². The molecule has 27 heavy (non-hydrogen) atoms. The fourth-order valence-electron chi connectivity index (χ4n) is 2.52. The molecule has 0 saturated carbocycles. The zero-order valence-electron chi connectivity index (χ0n) is 16.6. The van der Waals surface area contributed by atoms with E-state index < -0.39 is 15.6 Å². The molecular weight excluding hydrogens is 362 g/mol. The van der Waals surface area contributed by atoms with E-state index in [1.165, 1.54) is 12.1 Å². The maximum Gasteiger partial charge on any atom is 0.255 e. The number of sulfonamides is 1. The van der Waals surface area contributed by atoms with E-state index in [4.69, 9.17) is 0 Å². The molecule has 6 nitrogen and oxygen atoms in total. The molecule has 0 spiro atoms. The Morgan fingerprint density at radius 3 is 2.11 bits per heavy atom. The van der Waals surface area contributed by atoms with Gasteiger partial charge in [0.2, 0.25) is 10.0 Å². The second kappa shape index (κ2) is 7.70. The molecule has 2 aromatic rings. The summed E-state index contributed by atoms with van der Waals surface area (Å²) in [7, 11) is 0.164. The first kappa shape index (κ1) is 20.9. The van der Waals surface area contributed by atoms with Crippen molar-refractivity contribution in [2.24, 2.45) is 0 Å². The zero-order chi connectivity index (χ0) is 20.4. The molecule has 2 rings (SSSR count). The quantitative estimate of drug-likeness (QED) is 0.822. The van der Waals surface area contributed by atoms with Crippen LogP contribution < -0.4 is 14.9 Å².